The van der Waals surface area contributed by atoms with Crippen LogP contribution in [0.2, 0.25) is 0 Å². The first-order valence-electron chi connectivity index (χ1n) is 6.10. The Bertz CT molecular complexity index is 450. The first-order valence-corrected chi connectivity index (χ1v) is 6.10. The minimum Gasteiger partial charge on any atom is -0.377 e. The second-order valence-corrected chi connectivity index (χ2v) is 4.87. The van der Waals surface area contributed by atoms with Crippen molar-refractivity contribution in [2.45, 2.75) is 31.8 Å². The van der Waals surface area contributed by atoms with Gasteiger partial charge in [0.15, 0.2) is 0 Å². The highest BCUT2D eigenvalue weighted by atomic mass is 16.6. The SMILES string of the molecule is COC1(CNc2ccc(C)cc2[N+](=O)[O-])CCC1. The molecule has 98 valence electrons. The Morgan fingerprint density at radius 1 is 1.50 bits per heavy atom. The molecular weight excluding hydrogens is 232 g/mol. The van der Waals surface area contributed by atoms with Gasteiger partial charge in [-0.3, -0.25) is 10.1 Å². The van der Waals surface area contributed by atoms with Crippen molar-refractivity contribution >= 4 is 11.4 Å². The van der Waals surface area contributed by atoms with E-state index in [2.05, 4.69) is 5.32 Å². The van der Waals surface area contributed by atoms with Crippen LogP contribution in [0.5, 0.6) is 0 Å². The molecular formula is C13H18N2O3. The van der Waals surface area contributed by atoms with Crippen molar-refractivity contribution in [2.24, 2.45) is 0 Å². The van der Waals surface area contributed by atoms with Crippen LogP contribution in [0, 0.1) is 17.0 Å². The summed E-state index contributed by atoms with van der Waals surface area (Å²) in [4.78, 5) is 10.6. The molecule has 0 spiro atoms. The Kier molecular flexibility index (Phi) is 3.52. The van der Waals surface area contributed by atoms with Crippen molar-refractivity contribution in [3.63, 3.8) is 0 Å². The van der Waals surface area contributed by atoms with E-state index < -0.39 is 0 Å². The lowest BCUT2D eigenvalue weighted by Crippen LogP contribution is -2.45. The minimum absolute atomic E-state index is 0.126. The number of nitro benzene ring substituents is 1. The number of nitro groups is 1. The predicted octanol–water partition coefficient (Wildman–Crippen LogP) is 2.88. The third-order valence-corrected chi connectivity index (χ3v) is 3.65. The highest BCUT2D eigenvalue weighted by molar-refractivity contribution is 5.62. The summed E-state index contributed by atoms with van der Waals surface area (Å²) in [5, 5.41) is 14.1. The molecule has 0 aliphatic heterocycles. The van der Waals surface area contributed by atoms with E-state index in [4.69, 9.17) is 4.74 Å². The molecule has 2 rings (SSSR count). The zero-order valence-electron chi connectivity index (χ0n) is 10.7. The Hall–Kier alpha value is -1.62. The molecule has 0 radical (unpaired) electrons. The molecule has 1 aliphatic rings. The van der Waals surface area contributed by atoms with E-state index in [1.807, 2.05) is 13.0 Å². The summed E-state index contributed by atoms with van der Waals surface area (Å²) < 4.78 is 5.49. The molecule has 1 aromatic rings. The first-order chi connectivity index (χ1) is 8.56. The van der Waals surface area contributed by atoms with E-state index in [0.29, 0.717) is 12.2 Å². The van der Waals surface area contributed by atoms with Crippen LogP contribution in [0.1, 0.15) is 24.8 Å². The average molecular weight is 250 g/mol. The van der Waals surface area contributed by atoms with Gasteiger partial charge in [-0.15, -0.1) is 0 Å². The van der Waals surface area contributed by atoms with Gasteiger partial charge in [-0.05, 0) is 37.8 Å². The number of anilines is 1. The van der Waals surface area contributed by atoms with Gasteiger partial charge >= 0.3 is 0 Å². The molecule has 0 heterocycles. The van der Waals surface area contributed by atoms with Crippen molar-refractivity contribution in [3.05, 3.63) is 33.9 Å². The molecule has 0 unspecified atom stereocenters. The number of hydrogen-bond donors (Lipinski definition) is 1. The number of hydrogen-bond acceptors (Lipinski definition) is 4. The smallest absolute Gasteiger partial charge is 0.292 e. The number of ether oxygens (including phenoxy) is 1. The van der Waals surface area contributed by atoms with Crippen molar-refractivity contribution in [2.75, 3.05) is 19.0 Å². The fraction of sp³-hybridized carbons (Fsp3) is 0.538. The van der Waals surface area contributed by atoms with E-state index in [-0.39, 0.29) is 16.2 Å². The lowest BCUT2D eigenvalue weighted by Gasteiger charge is -2.40. The molecule has 1 aliphatic carbocycles. The molecule has 0 aromatic heterocycles. The predicted molar refractivity (Wildman–Crippen MR) is 69.9 cm³/mol. The molecule has 1 fully saturated rings. The van der Waals surface area contributed by atoms with E-state index in [0.717, 1.165) is 24.8 Å². The van der Waals surface area contributed by atoms with Crippen LogP contribution in [0.3, 0.4) is 0 Å². The van der Waals surface area contributed by atoms with Gasteiger partial charge < -0.3 is 10.1 Å². The molecule has 0 saturated heterocycles. The average Bonchev–Trinajstić information content (AvgIpc) is 2.29. The van der Waals surface area contributed by atoms with Crippen molar-refractivity contribution in [3.8, 4) is 0 Å². The summed E-state index contributed by atoms with van der Waals surface area (Å²) in [6.07, 6.45) is 3.18. The summed E-state index contributed by atoms with van der Waals surface area (Å²) in [6.45, 7) is 2.47. The lowest BCUT2D eigenvalue weighted by molar-refractivity contribution is -0.384. The van der Waals surface area contributed by atoms with Crippen molar-refractivity contribution in [1.29, 1.82) is 0 Å². The Morgan fingerprint density at radius 3 is 2.72 bits per heavy atom. The van der Waals surface area contributed by atoms with E-state index in [9.17, 15) is 10.1 Å². The lowest BCUT2D eigenvalue weighted by atomic mass is 9.80. The van der Waals surface area contributed by atoms with Gasteiger partial charge in [-0.25, -0.2) is 0 Å². The fourth-order valence-electron chi connectivity index (χ4n) is 2.22. The molecule has 1 N–H and O–H groups in total. The number of methoxy groups -OCH3 is 1. The zero-order valence-corrected chi connectivity index (χ0v) is 10.7. The molecule has 1 saturated carbocycles. The van der Waals surface area contributed by atoms with Crippen LogP contribution in [-0.2, 0) is 4.74 Å². The standard InChI is InChI=1S/C13H18N2O3/c1-10-4-5-11(12(8-10)15(16)17)14-9-13(18-2)6-3-7-13/h4-5,8,14H,3,6-7,9H2,1-2H3. The molecule has 0 bridgehead atoms. The summed E-state index contributed by atoms with van der Waals surface area (Å²) in [6, 6.07) is 5.22. The second kappa shape index (κ2) is 4.94. The maximum Gasteiger partial charge on any atom is 0.292 e. The fourth-order valence-corrected chi connectivity index (χ4v) is 2.22. The Balaban J connectivity index is 2.11. The number of benzene rings is 1. The van der Waals surface area contributed by atoms with Gasteiger partial charge in [0.05, 0.1) is 10.5 Å². The zero-order chi connectivity index (χ0) is 13.2. The number of rotatable bonds is 5. The van der Waals surface area contributed by atoms with Gasteiger partial charge in [0, 0.05) is 19.7 Å². The summed E-state index contributed by atoms with van der Waals surface area (Å²) in [7, 11) is 1.70. The number of nitrogens with zero attached hydrogens (tertiary/aromatic N) is 1. The highest BCUT2D eigenvalue weighted by Gasteiger charge is 2.37. The monoisotopic (exact) mass is 250 g/mol. The molecule has 18 heavy (non-hydrogen) atoms. The van der Waals surface area contributed by atoms with E-state index >= 15 is 0 Å². The largest absolute Gasteiger partial charge is 0.377 e. The first kappa shape index (κ1) is 12.8. The van der Waals surface area contributed by atoms with Crippen molar-refractivity contribution in [1.82, 2.24) is 0 Å². The quantitative estimate of drug-likeness (QED) is 0.644. The maximum absolute atomic E-state index is 11.0. The van der Waals surface area contributed by atoms with Crippen LogP contribution >= 0.6 is 0 Å². The Morgan fingerprint density at radius 2 is 2.22 bits per heavy atom. The summed E-state index contributed by atoms with van der Waals surface area (Å²) in [5.41, 5.74) is 1.44. The molecule has 5 nitrogen and oxygen atoms in total. The van der Waals surface area contributed by atoms with Gasteiger partial charge in [-0.1, -0.05) is 6.07 Å². The molecule has 0 amide bonds. The number of aryl methyl sites for hydroxylation is 1. The third-order valence-electron chi connectivity index (χ3n) is 3.65. The van der Waals surface area contributed by atoms with Gasteiger partial charge in [-0.2, -0.15) is 0 Å². The van der Waals surface area contributed by atoms with Gasteiger partial charge in [0.1, 0.15) is 5.69 Å². The second-order valence-electron chi connectivity index (χ2n) is 4.87. The summed E-state index contributed by atoms with van der Waals surface area (Å²) in [5.74, 6) is 0. The van der Waals surface area contributed by atoms with Crippen LogP contribution in [0.4, 0.5) is 11.4 Å². The Labute approximate surface area is 106 Å². The van der Waals surface area contributed by atoms with E-state index in [1.54, 1.807) is 19.2 Å². The van der Waals surface area contributed by atoms with Crippen LogP contribution in [0.25, 0.3) is 0 Å². The van der Waals surface area contributed by atoms with Crippen LogP contribution in [-0.4, -0.2) is 24.2 Å². The van der Waals surface area contributed by atoms with Gasteiger partial charge in [0.25, 0.3) is 5.69 Å². The van der Waals surface area contributed by atoms with E-state index in [1.165, 1.54) is 0 Å². The summed E-state index contributed by atoms with van der Waals surface area (Å²) >= 11 is 0. The highest BCUT2D eigenvalue weighted by Crippen LogP contribution is 2.36. The van der Waals surface area contributed by atoms with Gasteiger partial charge in [0.2, 0.25) is 0 Å². The van der Waals surface area contributed by atoms with Crippen molar-refractivity contribution < 1.29 is 9.66 Å². The third kappa shape index (κ3) is 2.46. The number of nitrogens with one attached hydrogen (secondary N) is 1. The molecule has 1 aromatic carbocycles. The van der Waals surface area contributed by atoms with Crippen LogP contribution < -0.4 is 5.32 Å². The normalized spacial score (nSPS) is 17.0. The topological polar surface area (TPSA) is 64.4 Å². The molecule has 0 atom stereocenters. The van der Waals surface area contributed by atoms with Crippen LogP contribution in [0.15, 0.2) is 18.2 Å². The maximum atomic E-state index is 11.0. The minimum atomic E-state index is -0.352. The molecule has 5 heteroatoms.